The van der Waals surface area contributed by atoms with Gasteiger partial charge >= 0.3 is 0 Å². The molecule has 2 N–H and O–H groups in total. The summed E-state index contributed by atoms with van der Waals surface area (Å²) >= 11 is 1.72. The first kappa shape index (κ1) is 12.7. The van der Waals surface area contributed by atoms with Crippen molar-refractivity contribution in [3.05, 3.63) is 0 Å². The van der Waals surface area contributed by atoms with Gasteiger partial charge in [-0.1, -0.05) is 0 Å². The van der Waals surface area contributed by atoms with Crippen LogP contribution in [0.1, 0.15) is 6.42 Å². The smallest absolute Gasteiger partial charge is 0.246 e. The molecule has 0 aliphatic carbocycles. The molecule has 0 aromatic carbocycles. The summed E-state index contributed by atoms with van der Waals surface area (Å²) in [6.45, 7) is 1.03. The van der Waals surface area contributed by atoms with Gasteiger partial charge in [-0.2, -0.15) is 11.8 Å². The monoisotopic (exact) mass is 207 g/mol. The maximum absolute atomic E-state index is 10.8. The van der Waals surface area contributed by atoms with Crippen molar-refractivity contribution < 1.29 is 14.6 Å². The van der Waals surface area contributed by atoms with Crippen molar-refractivity contribution in [2.24, 2.45) is 0 Å². The summed E-state index contributed by atoms with van der Waals surface area (Å²) in [6.07, 6.45) is 0.816. The van der Waals surface area contributed by atoms with Crippen LogP contribution in [0.3, 0.4) is 0 Å². The van der Waals surface area contributed by atoms with E-state index in [1.165, 1.54) is 7.11 Å². The van der Waals surface area contributed by atoms with E-state index in [9.17, 15) is 4.79 Å². The minimum atomic E-state index is -0.0785. The fourth-order valence-electron chi connectivity index (χ4n) is 0.713. The van der Waals surface area contributed by atoms with Gasteiger partial charge in [0.05, 0.1) is 0 Å². The average molecular weight is 207 g/mol. The molecule has 4 nitrogen and oxygen atoms in total. The molecule has 78 valence electrons. The molecular formula is C8H17NO3S. The highest BCUT2D eigenvalue weighted by Gasteiger charge is 1.97. The van der Waals surface area contributed by atoms with E-state index in [1.807, 2.05) is 0 Å². The highest BCUT2D eigenvalue weighted by Crippen LogP contribution is 1.99. The third-order valence-electron chi connectivity index (χ3n) is 1.29. The van der Waals surface area contributed by atoms with Crippen molar-refractivity contribution in [3.63, 3.8) is 0 Å². The van der Waals surface area contributed by atoms with E-state index in [0.717, 1.165) is 17.9 Å². The lowest BCUT2D eigenvalue weighted by molar-refractivity contribution is -0.124. The van der Waals surface area contributed by atoms with E-state index in [-0.39, 0.29) is 19.1 Å². The van der Waals surface area contributed by atoms with Crippen LogP contribution in [0, 0.1) is 0 Å². The summed E-state index contributed by atoms with van der Waals surface area (Å²) in [7, 11) is 1.50. The number of rotatable bonds is 8. The van der Waals surface area contributed by atoms with E-state index in [0.29, 0.717) is 6.54 Å². The number of hydrogen-bond acceptors (Lipinski definition) is 4. The van der Waals surface area contributed by atoms with E-state index in [4.69, 9.17) is 5.11 Å². The second kappa shape index (κ2) is 9.83. The maximum Gasteiger partial charge on any atom is 0.246 e. The molecule has 1 amide bonds. The molecule has 0 aromatic heterocycles. The van der Waals surface area contributed by atoms with Gasteiger partial charge in [0.15, 0.2) is 0 Å². The molecule has 0 unspecified atom stereocenters. The van der Waals surface area contributed by atoms with Crippen LogP contribution in [-0.4, -0.2) is 49.4 Å². The summed E-state index contributed by atoms with van der Waals surface area (Å²) in [6, 6.07) is 0. The van der Waals surface area contributed by atoms with E-state index in [2.05, 4.69) is 10.1 Å². The van der Waals surface area contributed by atoms with Crippen LogP contribution in [-0.2, 0) is 9.53 Å². The average Bonchev–Trinajstić information content (AvgIpc) is 2.11. The fraction of sp³-hybridized carbons (Fsp3) is 0.875. The molecule has 0 aliphatic heterocycles. The van der Waals surface area contributed by atoms with Gasteiger partial charge in [0.2, 0.25) is 5.91 Å². The Bertz CT molecular complexity index is 133. The molecule has 0 rings (SSSR count). The van der Waals surface area contributed by atoms with Gasteiger partial charge in [-0.3, -0.25) is 4.79 Å². The van der Waals surface area contributed by atoms with Gasteiger partial charge in [0, 0.05) is 26.0 Å². The lowest BCUT2D eigenvalue weighted by Crippen LogP contribution is -2.29. The van der Waals surface area contributed by atoms with Crippen LogP contribution in [0.4, 0.5) is 0 Å². The minimum absolute atomic E-state index is 0.0785. The Kier molecular flexibility index (Phi) is 9.63. The zero-order chi connectivity index (χ0) is 9.94. The largest absolute Gasteiger partial charge is 0.396 e. The fourth-order valence-corrected chi connectivity index (χ4v) is 1.50. The lowest BCUT2D eigenvalue weighted by atomic mass is 10.5. The summed E-state index contributed by atoms with van der Waals surface area (Å²) in [5, 5.41) is 11.2. The summed E-state index contributed by atoms with van der Waals surface area (Å²) in [5.41, 5.74) is 0. The highest BCUT2D eigenvalue weighted by molar-refractivity contribution is 7.99. The van der Waals surface area contributed by atoms with Gasteiger partial charge in [-0.15, -0.1) is 0 Å². The molecule has 0 atom stereocenters. The van der Waals surface area contributed by atoms with Crippen molar-refractivity contribution in [1.82, 2.24) is 5.32 Å². The number of aliphatic hydroxyl groups excluding tert-OH is 1. The number of carbonyl (C=O) groups is 1. The normalized spacial score (nSPS) is 10.0. The Morgan fingerprint density at radius 1 is 1.54 bits per heavy atom. The summed E-state index contributed by atoms with van der Waals surface area (Å²) < 4.78 is 4.65. The Labute approximate surface area is 83.0 Å². The predicted molar refractivity (Wildman–Crippen MR) is 53.9 cm³/mol. The molecule has 0 spiro atoms. The third-order valence-corrected chi connectivity index (χ3v) is 2.36. The van der Waals surface area contributed by atoms with Gasteiger partial charge in [0.1, 0.15) is 6.61 Å². The van der Waals surface area contributed by atoms with Crippen molar-refractivity contribution in [2.75, 3.05) is 38.4 Å². The topological polar surface area (TPSA) is 58.6 Å². The van der Waals surface area contributed by atoms with Gasteiger partial charge < -0.3 is 15.2 Å². The Hall–Kier alpha value is -0.260. The van der Waals surface area contributed by atoms with Crippen LogP contribution in [0.15, 0.2) is 0 Å². The molecule has 5 heteroatoms. The standard InChI is InChI=1S/C8H17NO3S/c1-12-7-8(11)9-3-6-13-5-2-4-10/h10H,2-7H2,1H3,(H,9,11). The summed E-state index contributed by atoms with van der Waals surface area (Å²) in [5.74, 6) is 1.75. The Morgan fingerprint density at radius 3 is 2.92 bits per heavy atom. The zero-order valence-electron chi connectivity index (χ0n) is 7.91. The van der Waals surface area contributed by atoms with Crippen molar-refractivity contribution in [3.8, 4) is 0 Å². The third kappa shape index (κ3) is 9.66. The van der Waals surface area contributed by atoms with Crippen LogP contribution in [0.2, 0.25) is 0 Å². The second-order valence-electron chi connectivity index (χ2n) is 2.47. The van der Waals surface area contributed by atoms with Crippen LogP contribution in [0.5, 0.6) is 0 Å². The first-order chi connectivity index (χ1) is 6.31. The summed E-state index contributed by atoms with van der Waals surface area (Å²) in [4.78, 5) is 10.8. The van der Waals surface area contributed by atoms with E-state index < -0.39 is 0 Å². The molecule has 13 heavy (non-hydrogen) atoms. The van der Waals surface area contributed by atoms with Gasteiger partial charge in [0.25, 0.3) is 0 Å². The van der Waals surface area contributed by atoms with E-state index in [1.54, 1.807) is 11.8 Å². The highest BCUT2D eigenvalue weighted by atomic mass is 32.2. The van der Waals surface area contributed by atoms with Crippen LogP contribution >= 0.6 is 11.8 Å². The number of methoxy groups -OCH3 is 1. The van der Waals surface area contributed by atoms with Crippen molar-refractivity contribution >= 4 is 17.7 Å². The van der Waals surface area contributed by atoms with Crippen LogP contribution in [0.25, 0.3) is 0 Å². The zero-order valence-corrected chi connectivity index (χ0v) is 8.73. The molecule has 0 fully saturated rings. The quantitative estimate of drug-likeness (QED) is 0.544. The molecule has 0 saturated heterocycles. The maximum atomic E-state index is 10.8. The van der Waals surface area contributed by atoms with Crippen molar-refractivity contribution in [1.29, 1.82) is 0 Å². The number of hydrogen-bond donors (Lipinski definition) is 2. The molecule has 0 bridgehead atoms. The Morgan fingerprint density at radius 2 is 2.31 bits per heavy atom. The number of amides is 1. The number of nitrogens with one attached hydrogen (secondary N) is 1. The number of thioether (sulfide) groups is 1. The molecule has 0 heterocycles. The Balaban J connectivity index is 3.02. The van der Waals surface area contributed by atoms with Gasteiger partial charge in [-0.05, 0) is 12.2 Å². The predicted octanol–water partition coefficient (Wildman–Crippen LogP) is -0.135. The molecule has 0 aromatic rings. The minimum Gasteiger partial charge on any atom is -0.396 e. The number of aliphatic hydroxyl groups is 1. The molecular weight excluding hydrogens is 190 g/mol. The molecule has 0 saturated carbocycles. The van der Waals surface area contributed by atoms with Crippen LogP contribution < -0.4 is 5.32 Å². The number of ether oxygens (including phenoxy) is 1. The van der Waals surface area contributed by atoms with E-state index >= 15 is 0 Å². The first-order valence-corrected chi connectivity index (χ1v) is 5.41. The first-order valence-electron chi connectivity index (χ1n) is 4.25. The van der Waals surface area contributed by atoms with Gasteiger partial charge in [-0.25, -0.2) is 0 Å². The SMILES string of the molecule is COCC(=O)NCCSCCCO. The molecule has 0 radical (unpaired) electrons. The van der Waals surface area contributed by atoms with Crippen molar-refractivity contribution in [2.45, 2.75) is 6.42 Å². The molecule has 0 aliphatic rings. The number of carbonyl (C=O) groups excluding carboxylic acids is 1. The lowest BCUT2D eigenvalue weighted by Gasteiger charge is -2.03. The second-order valence-corrected chi connectivity index (χ2v) is 3.70.